The van der Waals surface area contributed by atoms with Crippen molar-refractivity contribution in [2.24, 2.45) is 0 Å². The molecule has 1 saturated heterocycles. The third-order valence-electron chi connectivity index (χ3n) is 5.78. The van der Waals surface area contributed by atoms with E-state index in [4.69, 9.17) is 23.2 Å². The zero-order valence-electron chi connectivity index (χ0n) is 17.7. The second-order valence-electron chi connectivity index (χ2n) is 7.89. The van der Waals surface area contributed by atoms with E-state index >= 15 is 0 Å². The van der Waals surface area contributed by atoms with E-state index in [1.807, 2.05) is 73.7 Å². The summed E-state index contributed by atoms with van der Waals surface area (Å²) in [6, 6.07) is 21.4. The molecule has 0 bridgehead atoms. The zero-order valence-corrected chi connectivity index (χ0v) is 20.0. The average Bonchev–Trinajstić information content (AvgIpc) is 2.76. The first-order chi connectivity index (χ1) is 15.4. The molecule has 0 radical (unpaired) electrons. The van der Waals surface area contributed by atoms with E-state index in [2.05, 4.69) is 9.88 Å². The number of hydrogen-bond donors (Lipinski definition) is 1. The molecule has 0 spiro atoms. The summed E-state index contributed by atoms with van der Waals surface area (Å²) in [5, 5.41) is 1.38. The van der Waals surface area contributed by atoms with Crippen LogP contribution in [-0.2, 0) is 24.2 Å². The summed E-state index contributed by atoms with van der Waals surface area (Å²) in [6.45, 7) is 3.71. The van der Waals surface area contributed by atoms with Gasteiger partial charge in [0, 0.05) is 28.8 Å². The van der Waals surface area contributed by atoms with Gasteiger partial charge in [0.15, 0.2) is 0 Å². The molecule has 1 aliphatic heterocycles. The molecule has 168 valence electrons. The Morgan fingerprint density at radius 3 is 2.03 bits per heavy atom. The Balaban J connectivity index is 1.53. The fourth-order valence-corrected chi connectivity index (χ4v) is 4.95. The van der Waals surface area contributed by atoms with Crippen LogP contribution in [0.15, 0.2) is 66.7 Å². The van der Waals surface area contributed by atoms with E-state index in [-0.39, 0.29) is 12.1 Å². The van der Waals surface area contributed by atoms with Crippen molar-refractivity contribution in [1.82, 2.24) is 14.2 Å². The maximum absolute atomic E-state index is 12.1. The highest BCUT2D eigenvalue weighted by Gasteiger charge is 2.39. The van der Waals surface area contributed by atoms with Crippen molar-refractivity contribution in [1.29, 1.82) is 0 Å². The predicted octanol–water partition coefficient (Wildman–Crippen LogP) is 5.36. The minimum Gasteiger partial charge on any atom is -0.294 e. The van der Waals surface area contributed by atoms with E-state index in [0.29, 0.717) is 29.7 Å². The van der Waals surface area contributed by atoms with Gasteiger partial charge in [-0.15, -0.1) is 0 Å². The Labute approximate surface area is 201 Å². The standard InChI is InChI=1S/C24H25Cl2N3O2S/c1-2-21-4-3-5-22(27-21)14-29(32(30)31)23-15-28(16-23)24(17-6-10-19(25)11-7-17)18-8-12-20(26)13-9-18/h3-13,23-24H,2,14-16H2,1H3,(H,30,31). The largest absolute Gasteiger partial charge is 0.294 e. The van der Waals surface area contributed by atoms with Crippen LogP contribution in [0.2, 0.25) is 10.0 Å². The average molecular weight is 490 g/mol. The van der Waals surface area contributed by atoms with Gasteiger partial charge in [-0.3, -0.25) is 14.4 Å². The maximum Gasteiger partial charge on any atom is 0.235 e. The molecule has 1 atom stereocenters. The lowest BCUT2D eigenvalue weighted by atomic mass is 9.93. The lowest BCUT2D eigenvalue weighted by Gasteiger charge is -2.47. The molecule has 1 aliphatic rings. The summed E-state index contributed by atoms with van der Waals surface area (Å²) < 4.78 is 23.7. The Bertz CT molecular complexity index is 1030. The first kappa shape index (κ1) is 23.4. The third kappa shape index (κ3) is 5.39. The number of nitrogens with zero attached hydrogens (tertiary/aromatic N) is 3. The third-order valence-corrected chi connectivity index (χ3v) is 7.11. The minimum atomic E-state index is -2.08. The van der Waals surface area contributed by atoms with E-state index in [0.717, 1.165) is 28.9 Å². The van der Waals surface area contributed by atoms with Crippen molar-refractivity contribution < 1.29 is 8.76 Å². The van der Waals surface area contributed by atoms with Crippen molar-refractivity contribution in [3.8, 4) is 0 Å². The van der Waals surface area contributed by atoms with E-state index in [1.54, 1.807) is 4.31 Å². The summed E-state index contributed by atoms with van der Waals surface area (Å²) in [5.41, 5.74) is 4.01. The molecule has 0 amide bonds. The highest BCUT2D eigenvalue weighted by molar-refractivity contribution is 7.76. The molecule has 0 aliphatic carbocycles. The number of likely N-dealkylation sites (tertiary alicyclic amines) is 1. The summed E-state index contributed by atoms with van der Waals surface area (Å²) in [5.74, 6) is 0. The van der Waals surface area contributed by atoms with Gasteiger partial charge >= 0.3 is 0 Å². The molecule has 1 aromatic heterocycles. The quantitative estimate of drug-likeness (QED) is 0.432. The van der Waals surface area contributed by atoms with Crippen molar-refractivity contribution in [2.45, 2.75) is 32.0 Å². The van der Waals surface area contributed by atoms with Crippen LogP contribution in [0.25, 0.3) is 0 Å². The van der Waals surface area contributed by atoms with E-state index in [9.17, 15) is 8.76 Å². The van der Waals surface area contributed by atoms with Gasteiger partial charge in [-0.1, -0.05) is 60.5 Å². The predicted molar refractivity (Wildman–Crippen MR) is 130 cm³/mol. The molecule has 1 fully saturated rings. The van der Waals surface area contributed by atoms with Crippen molar-refractivity contribution in [3.05, 3.63) is 99.3 Å². The van der Waals surface area contributed by atoms with Crippen LogP contribution in [0.3, 0.4) is 0 Å². The zero-order chi connectivity index (χ0) is 22.7. The molecule has 1 unspecified atom stereocenters. The number of hydrogen-bond acceptors (Lipinski definition) is 3. The number of aromatic nitrogens is 1. The molecule has 5 nitrogen and oxygen atoms in total. The van der Waals surface area contributed by atoms with Gasteiger partial charge in [0.05, 0.1) is 24.3 Å². The Morgan fingerprint density at radius 1 is 1.00 bits per heavy atom. The van der Waals surface area contributed by atoms with Gasteiger partial charge in [0.1, 0.15) is 0 Å². The van der Waals surface area contributed by atoms with Gasteiger partial charge in [-0.05, 0) is 53.9 Å². The van der Waals surface area contributed by atoms with Gasteiger partial charge in [0.2, 0.25) is 11.3 Å². The van der Waals surface area contributed by atoms with Crippen LogP contribution < -0.4 is 0 Å². The smallest absolute Gasteiger partial charge is 0.235 e. The van der Waals surface area contributed by atoms with Crippen LogP contribution in [0.1, 0.15) is 35.5 Å². The summed E-state index contributed by atoms with van der Waals surface area (Å²) in [6.07, 6.45) is 0.830. The van der Waals surface area contributed by atoms with E-state index in [1.165, 1.54) is 0 Å². The van der Waals surface area contributed by atoms with E-state index < -0.39 is 11.3 Å². The van der Waals surface area contributed by atoms with Crippen molar-refractivity contribution >= 4 is 34.5 Å². The monoisotopic (exact) mass is 489 g/mol. The molecule has 8 heteroatoms. The fourth-order valence-electron chi connectivity index (χ4n) is 4.07. The van der Waals surface area contributed by atoms with Gasteiger partial charge in [-0.2, -0.15) is 4.31 Å². The SMILES string of the molecule is CCc1cccc(CN(C2CN(C(c3ccc(Cl)cc3)c3ccc(Cl)cc3)C2)S(=O)O)n1. The number of halogens is 2. The normalized spacial score (nSPS) is 15.8. The number of pyridine rings is 1. The van der Waals surface area contributed by atoms with Crippen molar-refractivity contribution in [2.75, 3.05) is 13.1 Å². The molecular weight excluding hydrogens is 465 g/mol. The molecule has 3 aromatic rings. The van der Waals surface area contributed by atoms with Crippen LogP contribution in [0.4, 0.5) is 0 Å². The van der Waals surface area contributed by atoms with Crippen LogP contribution in [0, 0.1) is 0 Å². The van der Waals surface area contributed by atoms with Crippen LogP contribution >= 0.6 is 23.2 Å². The Kier molecular flexibility index (Phi) is 7.61. The summed E-state index contributed by atoms with van der Waals surface area (Å²) >= 11 is 10.1. The van der Waals surface area contributed by atoms with Crippen molar-refractivity contribution in [3.63, 3.8) is 0 Å². The highest BCUT2D eigenvalue weighted by Crippen LogP contribution is 2.35. The molecule has 2 heterocycles. The molecule has 0 saturated carbocycles. The van der Waals surface area contributed by atoms with Gasteiger partial charge < -0.3 is 0 Å². The second-order valence-corrected chi connectivity index (χ2v) is 9.70. The summed E-state index contributed by atoms with van der Waals surface area (Å²) in [7, 11) is 0. The fraction of sp³-hybridized carbons (Fsp3) is 0.292. The Hall–Kier alpha value is -1.80. The van der Waals surface area contributed by atoms with Gasteiger partial charge in [-0.25, -0.2) is 4.21 Å². The molecule has 2 aromatic carbocycles. The molecule has 32 heavy (non-hydrogen) atoms. The molecular formula is C24H25Cl2N3O2S. The topological polar surface area (TPSA) is 56.7 Å². The van der Waals surface area contributed by atoms with Crippen LogP contribution in [-0.4, -0.2) is 42.1 Å². The van der Waals surface area contributed by atoms with Crippen LogP contribution in [0.5, 0.6) is 0 Å². The summed E-state index contributed by atoms with van der Waals surface area (Å²) in [4.78, 5) is 6.89. The second kappa shape index (κ2) is 10.4. The first-order valence-corrected chi connectivity index (χ1v) is 12.3. The Morgan fingerprint density at radius 2 is 1.53 bits per heavy atom. The number of aryl methyl sites for hydroxylation is 1. The first-order valence-electron chi connectivity index (χ1n) is 10.5. The molecule has 4 rings (SSSR count). The number of benzene rings is 2. The maximum atomic E-state index is 12.1. The van der Waals surface area contributed by atoms with Gasteiger partial charge in [0.25, 0.3) is 0 Å². The number of rotatable bonds is 8. The molecule has 1 N–H and O–H groups in total. The lowest BCUT2D eigenvalue weighted by Crippen LogP contribution is -2.60. The minimum absolute atomic E-state index is 0.0105. The lowest BCUT2D eigenvalue weighted by molar-refractivity contribution is 0.0494. The highest BCUT2D eigenvalue weighted by atomic mass is 35.5.